The van der Waals surface area contributed by atoms with Gasteiger partial charge in [0.05, 0.1) is 22.2 Å². The highest BCUT2D eigenvalue weighted by Crippen LogP contribution is 2.30. The zero-order valence-electron chi connectivity index (χ0n) is 14.2. The predicted octanol–water partition coefficient (Wildman–Crippen LogP) is 5.03. The van der Waals surface area contributed by atoms with E-state index >= 15 is 0 Å². The molecule has 0 bridgehead atoms. The molecular weight excluding hydrogens is 294 g/mol. The van der Waals surface area contributed by atoms with Gasteiger partial charge >= 0.3 is 0 Å². The van der Waals surface area contributed by atoms with Crippen molar-refractivity contribution in [1.82, 2.24) is 9.38 Å². The number of anilines is 1. The Balaban J connectivity index is 1.96. The maximum atomic E-state index is 5.95. The molecule has 0 unspecified atom stereocenters. The predicted molar refractivity (Wildman–Crippen MR) is 101 cm³/mol. The van der Waals surface area contributed by atoms with Crippen molar-refractivity contribution in [2.75, 3.05) is 5.73 Å². The van der Waals surface area contributed by atoms with Gasteiger partial charge in [0.25, 0.3) is 0 Å². The number of fused-ring (bicyclic) bond motifs is 3. The topological polar surface area (TPSA) is 43.3 Å². The lowest BCUT2D eigenvalue weighted by Gasteiger charge is -2.19. The highest BCUT2D eigenvalue weighted by atomic mass is 14.9. The fraction of sp³-hybridized carbons (Fsp3) is 0.190. The molecule has 0 atom stereocenters. The molecule has 2 N–H and O–H groups in total. The Morgan fingerprint density at radius 1 is 0.917 bits per heavy atom. The molecule has 120 valence electrons. The molecule has 0 amide bonds. The van der Waals surface area contributed by atoms with E-state index in [9.17, 15) is 0 Å². The second kappa shape index (κ2) is 5.10. The minimum atomic E-state index is 0.147. The highest BCUT2D eigenvalue weighted by Gasteiger charge is 2.15. The fourth-order valence-corrected chi connectivity index (χ4v) is 3.14. The minimum absolute atomic E-state index is 0.147. The number of nitrogen functional groups attached to an aromatic ring is 1. The van der Waals surface area contributed by atoms with Crippen LogP contribution in [0, 0.1) is 0 Å². The molecule has 4 rings (SSSR count). The van der Waals surface area contributed by atoms with Crippen LogP contribution in [0.5, 0.6) is 0 Å². The summed E-state index contributed by atoms with van der Waals surface area (Å²) in [6.45, 7) is 6.68. The zero-order valence-corrected chi connectivity index (χ0v) is 14.2. The van der Waals surface area contributed by atoms with Crippen LogP contribution in [0.25, 0.3) is 27.8 Å². The number of rotatable bonds is 1. The molecule has 3 heteroatoms. The Labute approximate surface area is 141 Å². The zero-order chi connectivity index (χ0) is 16.9. The lowest BCUT2D eigenvalue weighted by Crippen LogP contribution is -2.10. The van der Waals surface area contributed by atoms with Crippen LogP contribution < -0.4 is 5.73 Å². The van der Waals surface area contributed by atoms with Gasteiger partial charge in [0.2, 0.25) is 0 Å². The standard InChI is InChI=1S/C21H21N3/c1-21(2,3)15-8-6-14(7-9-15)20-19-5-4-12-24(19)18-11-10-16(22)13-17(18)23-20/h4-13H,22H2,1-3H3. The minimum Gasteiger partial charge on any atom is -0.399 e. The van der Waals surface area contributed by atoms with Gasteiger partial charge in [-0.25, -0.2) is 4.98 Å². The molecule has 0 saturated carbocycles. The summed E-state index contributed by atoms with van der Waals surface area (Å²) in [6, 6.07) is 18.7. The SMILES string of the molecule is CC(C)(C)c1ccc(-c2nc3cc(N)ccc3n3cccc23)cc1. The molecule has 0 aliphatic rings. The van der Waals surface area contributed by atoms with Crippen LogP contribution >= 0.6 is 0 Å². The van der Waals surface area contributed by atoms with E-state index in [1.54, 1.807) is 0 Å². The van der Waals surface area contributed by atoms with E-state index < -0.39 is 0 Å². The average molecular weight is 315 g/mol. The number of hydrogen-bond acceptors (Lipinski definition) is 2. The summed E-state index contributed by atoms with van der Waals surface area (Å²) in [5.41, 5.74) is 13.3. The van der Waals surface area contributed by atoms with Crippen molar-refractivity contribution in [3.8, 4) is 11.3 Å². The van der Waals surface area contributed by atoms with Gasteiger partial charge in [0, 0.05) is 17.4 Å². The van der Waals surface area contributed by atoms with E-state index in [4.69, 9.17) is 10.7 Å². The van der Waals surface area contributed by atoms with Crippen LogP contribution in [-0.2, 0) is 5.41 Å². The van der Waals surface area contributed by atoms with Crippen molar-refractivity contribution < 1.29 is 0 Å². The molecule has 0 fully saturated rings. The maximum Gasteiger partial charge on any atom is 0.0950 e. The Morgan fingerprint density at radius 3 is 2.38 bits per heavy atom. The summed E-state index contributed by atoms with van der Waals surface area (Å²) in [5, 5.41) is 0. The second-order valence-electron chi connectivity index (χ2n) is 7.30. The number of aromatic nitrogens is 2. The van der Waals surface area contributed by atoms with Gasteiger partial charge in [-0.05, 0) is 41.3 Å². The molecule has 2 aromatic carbocycles. The molecule has 24 heavy (non-hydrogen) atoms. The van der Waals surface area contributed by atoms with Crippen LogP contribution in [0.1, 0.15) is 26.3 Å². The lowest BCUT2D eigenvalue weighted by molar-refractivity contribution is 0.590. The first-order valence-corrected chi connectivity index (χ1v) is 8.21. The Kier molecular flexibility index (Phi) is 3.14. The summed E-state index contributed by atoms with van der Waals surface area (Å²) in [4.78, 5) is 4.90. The van der Waals surface area contributed by atoms with Crippen molar-refractivity contribution in [1.29, 1.82) is 0 Å². The lowest BCUT2D eigenvalue weighted by atomic mass is 9.86. The van der Waals surface area contributed by atoms with E-state index in [1.807, 2.05) is 18.2 Å². The van der Waals surface area contributed by atoms with Crippen molar-refractivity contribution >= 4 is 22.2 Å². The van der Waals surface area contributed by atoms with E-state index in [-0.39, 0.29) is 5.41 Å². The Hall–Kier alpha value is -2.81. The van der Waals surface area contributed by atoms with Crippen LogP contribution in [0.4, 0.5) is 5.69 Å². The molecular formula is C21H21N3. The van der Waals surface area contributed by atoms with Crippen molar-refractivity contribution in [3.63, 3.8) is 0 Å². The third-order valence-corrected chi connectivity index (χ3v) is 4.51. The first-order valence-electron chi connectivity index (χ1n) is 8.21. The van der Waals surface area contributed by atoms with Gasteiger partial charge in [-0.1, -0.05) is 45.0 Å². The summed E-state index contributed by atoms with van der Waals surface area (Å²) < 4.78 is 2.18. The number of benzene rings is 2. The molecule has 3 nitrogen and oxygen atoms in total. The van der Waals surface area contributed by atoms with Crippen LogP contribution in [0.3, 0.4) is 0 Å². The first kappa shape index (κ1) is 14.8. The second-order valence-corrected chi connectivity index (χ2v) is 7.30. The van der Waals surface area contributed by atoms with Crippen molar-refractivity contribution in [2.45, 2.75) is 26.2 Å². The third kappa shape index (κ3) is 2.33. The van der Waals surface area contributed by atoms with Crippen LogP contribution in [0.15, 0.2) is 60.8 Å². The van der Waals surface area contributed by atoms with E-state index in [2.05, 4.69) is 67.8 Å². The molecule has 0 radical (unpaired) electrons. The fourth-order valence-electron chi connectivity index (χ4n) is 3.14. The molecule has 4 aromatic rings. The van der Waals surface area contributed by atoms with E-state index in [0.29, 0.717) is 0 Å². The van der Waals surface area contributed by atoms with E-state index in [0.717, 1.165) is 33.5 Å². The van der Waals surface area contributed by atoms with Gasteiger partial charge in [-0.15, -0.1) is 0 Å². The van der Waals surface area contributed by atoms with Gasteiger partial charge in [0.15, 0.2) is 0 Å². The number of hydrogen-bond donors (Lipinski definition) is 1. The van der Waals surface area contributed by atoms with Gasteiger partial charge in [-0.3, -0.25) is 0 Å². The molecule has 0 spiro atoms. The molecule has 2 heterocycles. The molecule has 0 saturated heterocycles. The van der Waals surface area contributed by atoms with Crippen LogP contribution in [0.2, 0.25) is 0 Å². The molecule has 2 aromatic heterocycles. The monoisotopic (exact) mass is 315 g/mol. The maximum absolute atomic E-state index is 5.95. The third-order valence-electron chi connectivity index (χ3n) is 4.51. The molecule has 0 aliphatic carbocycles. The van der Waals surface area contributed by atoms with Crippen molar-refractivity contribution in [3.05, 3.63) is 66.4 Å². The summed E-state index contributed by atoms with van der Waals surface area (Å²) in [7, 11) is 0. The first-order chi connectivity index (χ1) is 11.4. The number of nitrogens with two attached hydrogens (primary N) is 1. The van der Waals surface area contributed by atoms with Gasteiger partial charge in [-0.2, -0.15) is 0 Å². The average Bonchev–Trinajstić information content (AvgIpc) is 3.03. The summed E-state index contributed by atoms with van der Waals surface area (Å²) >= 11 is 0. The largest absolute Gasteiger partial charge is 0.399 e. The van der Waals surface area contributed by atoms with Gasteiger partial charge < -0.3 is 10.1 Å². The highest BCUT2D eigenvalue weighted by molar-refractivity contribution is 5.89. The van der Waals surface area contributed by atoms with Gasteiger partial charge in [0.1, 0.15) is 0 Å². The quantitative estimate of drug-likeness (QED) is 0.500. The Bertz CT molecular complexity index is 1030. The summed E-state index contributed by atoms with van der Waals surface area (Å²) in [6.07, 6.45) is 2.07. The van der Waals surface area contributed by atoms with Crippen molar-refractivity contribution in [2.24, 2.45) is 0 Å². The number of nitrogens with zero attached hydrogens (tertiary/aromatic N) is 2. The van der Waals surface area contributed by atoms with E-state index in [1.165, 1.54) is 5.56 Å². The van der Waals surface area contributed by atoms with Crippen LogP contribution in [-0.4, -0.2) is 9.38 Å². The normalized spacial score (nSPS) is 12.1. The molecule has 0 aliphatic heterocycles. The Morgan fingerprint density at radius 2 is 1.67 bits per heavy atom. The summed E-state index contributed by atoms with van der Waals surface area (Å²) in [5.74, 6) is 0. The smallest absolute Gasteiger partial charge is 0.0950 e.